The van der Waals surface area contributed by atoms with Gasteiger partial charge in [0.2, 0.25) is 0 Å². The average Bonchev–Trinajstić information content (AvgIpc) is 2.78. The van der Waals surface area contributed by atoms with Crippen LogP contribution in [0.5, 0.6) is 0 Å². The van der Waals surface area contributed by atoms with Crippen LogP contribution in [0.3, 0.4) is 0 Å². The molecule has 0 spiro atoms. The quantitative estimate of drug-likeness (QED) is 0.788. The molecule has 0 aromatic heterocycles. The maximum atomic E-state index is 5.73. The van der Waals surface area contributed by atoms with E-state index in [1.807, 2.05) is 0 Å². The number of ether oxygens (including phenoxy) is 1. The van der Waals surface area contributed by atoms with Gasteiger partial charge in [0.05, 0.1) is 12.7 Å². The number of hydrogen-bond donors (Lipinski definition) is 1. The summed E-state index contributed by atoms with van der Waals surface area (Å²) in [7, 11) is 0. The van der Waals surface area contributed by atoms with E-state index in [1.165, 1.54) is 32.4 Å². The zero-order valence-electron chi connectivity index (χ0n) is 10.8. The Bertz CT molecular complexity index is 214. The third-order valence-electron chi connectivity index (χ3n) is 4.21. The maximum absolute atomic E-state index is 5.73. The SMILES string of the molecule is CCC1CN(CC2(CC)CCCN2)CCO1. The number of nitrogens with zero attached hydrogens (tertiary/aromatic N) is 1. The lowest BCUT2D eigenvalue weighted by molar-refractivity contribution is -0.0371. The lowest BCUT2D eigenvalue weighted by Crippen LogP contribution is -2.53. The van der Waals surface area contributed by atoms with E-state index < -0.39 is 0 Å². The summed E-state index contributed by atoms with van der Waals surface area (Å²) in [6, 6.07) is 0. The molecule has 0 aliphatic carbocycles. The van der Waals surface area contributed by atoms with Crippen molar-refractivity contribution in [3.63, 3.8) is 0 Å². The highest BCUT2D eigenvalue weighted by Crippen LogP contribution is 2.25. The molecule has 0 saturated carbocycles. The Morgan fingerprint density at radius 1 is 1.44 bits per heavy atom. The van der Waals surface area contributed by atoms with Gasteiger partial charge in [-0.2, -0.15) is 0 Å². The highest BCUT2D eigenvalue weighted by molar-refractivity contribution is 4.95. The van der Waals surface area contributed by atoms with Crippen LogP contribution in [0.1, 0.15) is 39.5 Å². The van der Waals surface area contributed by atoms with E-state index >= 15 is 0 Å². The number of hydrogen-bond acceptors (Lipinski definition) is 3. The Morgan fingerprint density at radius 3 is 2.94 bits per heavy atom. The molecule has 0 radical (unpaired) electrons. The van der Waals surface area contributed by atoms with E-state index in [2.05, 4.69) is 24.1 Å². The van der Waals surface area contributed by atoms with Gasteiger partial charge in [0.1, 0.15) is 0 Å². The van der Waals surface area contributed by atoms with Crippen molar-refractivity contribution in [1.29, 1.82) is 0 Å². The number of morpholine rings is 1. The van der Waals surface area contributed by atoms with E-state index in [9.17, 15) is 0 Å². The summed E-state index contributed by atoms with van der Waals surface area (Å²) < 4.78 is 5.73. The minimum Gasteiger partial charge on any atom is -0.376 e. The first-order chi connectivity index (χ1) is 7.78. The first-order valence-corrected chi connectivity index (χ1v) is 6.87. The van der Waals surface area contributed by atoms with Crippen LogP contribution in [0.2, 0.25) is 0 Å². The summed E-state index contributed by atoms with van der Waals surface area (Å²) >= 11 is 0. The zero-order valence-corrected chi connectivity index (χ0v) is 10.8. The van der Waals surface area contributed by atoms with E-state index in [0.29, 0.717) is 11.6 Å². The first kappa shape index (κ1) is 12.3. The molecule has 2 rings (SSSR count). The highest BCUT2D eigenvalue weighted by Gasteiger charge is 2.34. The van der Waals surface area contributed by atoms with Crippen LogP contribution >= 0.6 is 0 Å². The van der Waals surface area contributed by atoms with Crippen molar-refractivity contribution >= 4 is 0 Å². The Labute approximate surface area is 99.5 Å². The van der Waals surface area contributed by atoms with Crippen LogP contribution in [-0.4, -0.2) is 49.3 Å². The fraction of sp³-hybridized carbons (Fsp3) is 1.00. The van der Waals surface area contributed by atoms with Gasteiger partial charge in [-0.05, 0) is 32.2 Å². The Morgan fingerprint density at radius 2 is 2.31 bits per heavy atom. The van der Waals surface area contributed by atoms with Crippen LogP contribution in [0.25, 0.3) is 0 Å². The highest BCUT2D eigenvalue weighted by atomic mass is 16.5. The van der Waals surface area contributed by atoms with Crippen LogP contribution in [0.15, 0.2) is 0 Å². The van der Waals surface area contributed by atoms with Gasteiger partial charge < -0.3 is 10.1 Å². The molecule has 16 heavy (non-hydrogen) atoms. The van der Waals surface area contributed by atoms with E-state index in [0.717, 1.165) is 26.1 Å². The molecule has 0 bridgehead atoms. The molecule has 2 unspecified atom stereocenters. The lowest BCUT2D eigenvalue weighted by Gasteiger charge is -2.39. The second-order valence-electron chi connectivity index (χ2n) is 5.30. The molecule has 3 heteroatoms. The molecule has 0 aromatic rings. The third kappa shape index (κ3) is 2.76. The standard InChI is InChI=1S/C13H26N2O/c1-3-12-10-15(8-9-16-12)11-13(4-2)6-5-7-14-13/h12,14H,3-11H2,1-2H3. The van der Waals surface area contributed by atoms with Crippen molar-refractivity contribution < 1.29 is 4.74 Å². The largest absolute Gasteiger partial charge is 0.376 e. The summed E-state index contributed by atoms with van der Waals surface area (Å²) in [5.41, 5.74) is 0.398. The van der Waals surface area contributed by atoms with E-state index in [4.69, 9.17) is 4.74 Å². The van der Waals surface area contributed by atoms with Crippen molar-refractivity contribution in [2.45, 2.75) is 51.2 Å². The normalized spacial score (nSPS) is 36.8. The van der Waals surface area contributed by atoms with Gasteiger partial charge in [-0.15, -0.1) is 0 Å². The molecular weight excluding hydrogens is 200 g/mol. The Kier molecular flexibility index (Phi) is 4.22. The van der Waals surface area contributed by atoms with Gasteiger partial charge in [0, 0.05) is 25.2 Å². The molecule has 2 fully saturated rings. The predicted molar refractivity (Wildman–Crippen MR) is 66.7 cm³/mol. The monoisotopic (exact) mass is 226 g/mol. The molecular formula is C13H26N2O. The first-order valence-electron chi connectivity index (χ1n) is 6.87. The molecule has 0 aromatic carbocycles. The topological polar surface area (TPSA) is 24.5 Å². The molecule has 2 saturated heterocycles. The fourth-order valence-corrected chi connectivity index (χ4v) is 3.02. The number of rotatable bonds is 4. The second-order valence-corrected chi connectivity index (χ2v) is 5.30. The summed E-state index contributed by atoms with van der Waals surface area (Å²) in [6.07, 6.45) is 5.54. The summed E-state index contributed by atoms with van der Waals surface area (Å²) in [5.74, 6) is 0. The predicted octanol–water partition coefficient (Wildman–Crippen LogP) is 1.63. The van der Waals surface area contributed by atoms with Gasteiger partial charge in [0.15, 0.2) is 0 Å². The van der Waals surface area contributed by atoms with Crippen LogP contribution in [-0.2, 0) is 4.74 Å². The maximum Gasteiger partial charge on any atom is 0.0700 e. The van der Waals surface area contributed by atoms with Gasteiger partial charge in [-0.1, -0.05) is 13.8 Å². The van der Waals surface area contributed by atoms with Crippen LogP contribution in [0, 0.1) is 0 Å². The average molecular weight is 226 g/mol. The van der Waals surface area contributed by atoms with Crippen LogP contribution < -0.4 is 5.32 Å². The Hall–Kier alpha value is -0.120. The van der Waals surface area contributed by atoms with Crippen molar-refractivity contribution in [2.75, 3.05) is 32.8 Å². The molecule has 3 nitrogen and oxygen atoms in total. The molecule has 1 N–H and O–H groups in total. The number of nitrogens with one attached hydrogen (secondary N) is 1. The molecule has 2 atom stereocenters. The van der Waals surface area contributed by atoms with E-state index in [1.54, 1.807) is 0 Å². The molecule has 0 amide bonds. The minimum atomic E-state index is 0.398. The van der Waals surface area contributed by atoms with Gasteiger partial charge in [-0.25, -0.2) is 0 Å². The van der Waals surface area contributed by atoms with Crippen molar-refractivity contribution in [3.05, 3.63) is 0 Å². The summed E-state index contributed by atoms with van der Waals surface area (Å²) in [6.45, 7) is 10.1. The van der Waals surface area contributed by atoms with Gasteiger partial charge in [-0.3, -0.25) is 4.90 Å². The van der Waals surface area contributed by atoms with Crippen molar-refractivity contribution in [1.82, 2.24) is 10.2 Å². The summed E-state index contributed by atoms with van der Waals surface area (Å²) in [4.78, 5) is 2.60. The summed E-state index contributed by atoms with van der Waals surface area (Å²) in [5, 5.41) is 3.72. The molecule has 2 aliphatic rings. The van der Waals surface area contributed by atoms with Gasteiger partial charge >= 0.3 is 0 Å². The van der Waals surface area contributed by atoms with Gasteiger partial charge in [0.25, 0.3) is 0 Å². The Balaban J connectivity index is 1.87. The van der Waals surface area contributed by atoms with Crippen molar-refractivity contribution in [2.24, 2.45) is 0 Å². The third-order valence-corrected chi connectivity index (χ3v) is 4.21. The van der Waals surface area contributed by atoms with Crippen molar-refractivity contribution in [3.8, 4) is 0 Å². The molecule has 2 heterocycles. The zero-order chi connectivity index (χ0) is 11.4. The lowest BCUT2D eigenvalue weighted by atomic mass is 9.93. The fourth-order valence-electron chi connectivity index (χ4n) is 3.02. The minimum absolute atomic E-state index is 0.398. The second kappa shape index (κ2) is 5.48. The molecule has 94 valence electrons. The molecule has 2 aliphatic heterocycles. The smallest absolute Gasteiger partial charge is 0.0700 e. The van der Waals surface area contributed by atoms with Crippen LogP contribution in [0.4, 0.5) is 0 Å². The van der Waals surface area contributed by atoms with E-state index in [-0.39, 0.29) is 0 Å².